The van der Waals surface area contributed by atoms with Crippen LogP contribution in [0.2, 0.25) is 0 Å². The van der Waals surface area contributed by atoms with Gasteiger partial charge in [-0.25, -0.2) is 0 Å². The van der Waals surface area contributed by atoms with E-state index in [1.165, 1.54) is 24.3 Å². The molecule has 5 aromatic carbocycles. The minimum absolute atomic E-state index is 0.124. The van der Waals surface area contributed by atoms with Crippen LogP contribution in [-0.4, -0.2) is 19.7 Å². The summed E-state index contributed by atoms with van der Waals surface area (Å²) >= 11 is 0. The summed E-state index contributed by atoms with van der Waals surface area (Å²) < 4.78 is 0. The molecule has 0 aliphatic rings. The Bertz CT molecular complexity index is 1810. The normalized spacial score (nSPS) is 10.4. The monoisotopic (exact) mass is 622 g/mol. The van der Waals surface area contributed by atoms with E-state index in [0.717, 1.165) is 34.9 Å². The lowest BCUT2D eigenvalue weighted by molar-refractivity contribution is -0.393. The number of nitrogens with zero attached hydrogens (tertiary/aromatic N) is 4. The van der Waals surface area contributed by atoms with Crippen LogP contribution < -0.4 is 21.3 Å². The number of nitro benzene ring substituents is 4. The van der Waals surface area contributed by atoms with Gasteiger partial charge < -0.3 is 21.3 Å². The molecule has 16 heteroatoms. The molecule has 16 nitrogen and oxygen atoms in total. The molecule has 46 heavy (non-hydrogen) atoms. The summed E-state index contributed by atoms with van der Waals surface area (Å²) in [7, 11) is 0. The summed E-state index contributed by atoms with van der Waals surface area (Å²) in [6.07, 6.45) is 0. The smallest absolute Gasteiger partial charge is 0.299 e. The Balaban J connectivity index is 1.18. The van der Waals surface area contributed by atoms with Gasteiger partial charge in [-0.1, -0.05) is 0 Å². The fourth-order valence-electron chi connectivity index (χ4n) is 4.34. The second-order valence-electron chi connectivity index (χ2n) is 9.66. The van der Waals surface area contributed by atoms with Crippen LogP contribution >= 0.6 is 0 Å². The zero-order valence-electron chi connectivity index (χ0n) is 23.4. The number of non-ortho nitro benzene ring substituents is 2. The summed E-state index contributed by atoms with van der Waals surface area (Å²) in [4.78, 5) is 42.0. The van der Waals surface area contributed by atoms with Gasteiger partial charge in [0, 0.05) is 46.3 Å². The molecule has 0 aliphatic carbocycles. The third-order valence-corrected chi connectivity index (χ3v) is 6.57. The second-order valence-corrected chi connectivity index (χ2v) is 9.66. The Hall–Kier alpha value is -7.10. The number of nitro groups is 4. The third kappa shape index (κ3) is 7.27. The number of benzene rings is 5. The maximum absolute atomic E-state index is 11.4. The van der Waals surface area contributed by atoms with Crippen LogP contribution in [0.3, 0.4) is 0 Å². The number of hydrogen-bond donors (Lipinski definition) is 4. The number of anilines is 8. The quantitative estimate of drug-likeness (QED) is 0.0762. The van der Waals surface area contributed by atoms with E-state index in [1.807, 2.05) is 24.3 Å². The van der Waals surface area contributed by atoms with Crippen LogP contribution in [0.15, 0.2) is 109 Å². The Labute approximate surface area is 258 Å². The van der Waals surface area contributed by atoms with E-state index < -0.39 is 31.1 Å². The lowest BCUT2D eigenvalue weighted by Gasteiger charge is -2.12. The summed E-state index contributed by atoms with van der Waals surface area (Å²) in [5.74, 6) is 0. The molecule has 0 spiro atoms. The molecule has 0 bridgehead atoms. The predicted molar refractivity (Wildman–Crippen MR) is 172 cm³/mol. The van der Waals surface area contributed by atoms with E-state index >= 15 is 0 Å². The SMILES string of the molecule is O=[N+]([O-])c1ccc(Nc2ccc(Nc3ccc(Nc4ccc(Nc5ccc([N+](=O)[O-])cc5[N+](=O)[O-])cc4)cc3)cc2)c([N+](=O)[O-])c1. The van der Waals surface area contributed by atoms with E-state index in [4.69, 9.17) is 0 Å². The van der Waals surface area contributed by atoms with Gasteiger partial charge in [-0.3, -0.25) is 40.5 Å². The van der Waals surface area contributed by atoms with Crippen molar-refractivity contribution in [2.75, 3.05) is 21.3 Å². The van der Waals surface area contributed by atoms with Crippen LogP contribution in [0.25, 0.3) is 0 Å². The van der Waals surface area contributed by atoms with E-state index in [0.29, 0.717) is 11.4 Å². The van der Waals surface area contributed by atoms with Gasteiger partial charge in [-0.2, -0.15) is 0 Å². The molecule has 0 unspecified atom stereocenters. The van der Waals surface area contributed by atoms with Crippen LogP contribution in [0.5, 0.6) is 0 Å². The average molecular weight is 623 g/mol. The molecule has 4 N–H and O–H groups in total. The number of nitrogens with one attached hydrogen (secondary N) is 4. The van der Waals surface area contributed by atoms with E-state index in [9.17, 15) is 40.5 Å². The summed E-state index contributed by atoms with van der Waals surface area (Å²) in [6, 6.07) is 28.1. The largest absolute Gasteiger partial charge is 0.356 e. The second kappa shape index (κ2) is 13.0. The van der Waals surface area contributed by atoms with E-state index in [2.05, 4.69) is 21.3 Å². The molecule has 0 atom stereocenters. The highest BCUT2D eigenvalue weighted by molar-refractivity contribution is 5.75. The first-order chi connectivity index (χ1) is 22.0. The van der Waals surface area contributed by atoms with Crippen molar-refractivity contribution in [3.05, 3.63) is 150 Å². The van der Waals surface area contributed by atoms with Gasteiger partial charge in [0.15, 0.2) is 0 Å². The van der Waals surface area contributed by atoms with Crippen LogP contribution in [-0.2, 0) is 0 Å². The van der Waals surface area contributed by atoms with Gasteiger partial charge in [-0.05, 0) is 84.9 Å². The summed E-state index contributed by atoms with van der Waals surface area (Å²) in [5.41, 5.74) is 2.86. The Kier molecular flexibility index (Phi) is 8.61. The molecule has 0 saturated heterocycles. The minimum Gasteiger partial charge on any atom is -0.356 e. The average Bonchev–Trinajstić information content (AvgIpc) is 3.03. The van der Waals surface area contributed by atoms with Crippen LogP contribution in [0.4, 0.5) is 68.2 Å². The maximum atomic E-state index is 11.4. The van der Waals surface area contributed by atoms with Crippen molar-refractivity contribution in [2.45, 2.75) is 0 Å². The van der Waals surface area contributed by atoms with Gasteiger partial charge in [0.2, 0.25) is 0 Å². The lowest BCUT2D eigenvalue weighted by atomic mass is 10.2. The Morgan fingerprint density at radius 2 is 0.609 bits per heavy atom. The molecule has 5 rings (SSSR count). The highest BCUT2D eigenvalue weighted by atomic mass is 16.6. The molecule has 0 radical (unpaired) electrons. The molecular formula is C30H22N8O8. The summed E-state index contributed by atoms with van der Waals surface area (Å²) in [5, 5.41) is 57.1. The minimum atomic E-state index is -0.693. The fraction of sp³-hybridized carbons (Fsp3) is 0. The zero-order valence-corrected chi connectivity index (χ0v) is 23.4. The lowest BCUT2D eigenvalue weighted by Crippen LogP contribution is -1.99. The van der Waals surface area contributed by atoms with Gasteiger partial charge in [0.05, 0.1) is 31.8 Å². The van der Waals surface area contributed by atoms with Crippen molar-refractivity contribution in [1.29, 1.82) is 0 Å². The first-order valence-corrected chi connectivity index (χ1v) is 13.3. The van der Waals surface area contributed by atoms with Gasteiger partial charge in [0.25, 0.3) is 22.7 Å². The topological polar surface area (TPSA) is 221 Å². The molecule has 5 aromatic rings. The molecule has 0 heterocycles. The van der Waals surface area contributed by atoms with Gasteiger partial charge in [-0.15, -0.1) is 0 Å². The molecular weight excluding hydrogens is 600 g/mol. The Morgan fingerprint density at radius 1 is 0.348 bits per heavy atom. The highest BCUT2D eigenvalue weighted by Gasteiger charge is 2.20. The van der Waals surface area contributed by atoms with Crippen molar-refractivity contribution < 1.29 is 19.7 Å². The van der Waals surface area contributed by atoms with Crippen molar-refractivity contribution in [1.82, 2.24) is 0 Å². The highest BCUT2D eigenvalue weighted by Crippen LogP contribution is 2.33. The fourth-order valence-corrected chi connectivity index (χ4v) is 4.34. The number of hydrogen-bond acceptors (Lipinski definition) is 12. The standard InChI is InChI=1S/C30H22N8O8/c39-35(40)25-13-15-27(29(17-25)37(43)44)33-23-9-5-21(6-10-23)31-19-1-2-20(4-3-19)32-22-7-11-24(12-8-22)34-28-16-14-26(36(41)42)18-30(28)38(45)46/h1-18,31-34H. The first-order valence-electron chi connectivity index (χ1n) is 13.3. The van der Waals surface area contributed by atoms with Crippen LogP contribution in [0, 0.1) is 40.5 Å². The predicted octanol–water partition coefficient (Wildman–Crippen LogP) is 8.29. The maximum Gasteiger partial charge on any atom is 0.299 e. The van der Waals surface area contributed by atoms with Gasteiger partial charge >= 0.3 is 0 Å². The molecule has 230 valence electrons. The van der Waals surface area contributed by atoms with Crippen molar-refractivity contribution in [2.24, 2.45) is 0 Å². The number of rotatable bonds is 12. The first kappa shape index (κ1) is 30.4. The molecule has 0 saturated carbocycles. The van der Waals surface area contributed by atoms with Gasteiger partial charge in [0.1, 0.15) is 11.4 Å². The van der Waals surface area contributed by atoms with E-state index in [1.54, 1.807) is 48.5 Å². The molecule has 0 aliphatic heterocycles. The molecule has 0 fully saturated rings. The van der Waals surface area contributed by atoms with Crippen molar-refractivity contribution in [3.8, 4) is 0 Å². The van der Waals surface area contributed by atoms with Crippen molar-refractivity contribution in [3.63, 3.8) is 0 Å². The molecule has 0 amide bonds. The van der Waals surface area contributed by atoms with Crippen molar-refractivity contribution >= 4 is 68.2 Å². The zero-order chi connectivity index (χ0) is 32.8. The molecule has 0 aromatic heterocycles. The Morgan fingerprint density at radius 3 is 0.848 bits per heavy atom. The third-order valence-electron chi connectivity index (χ3n) is 6.57. The van der Waals surface area contributed by atoms with Crippen LogP contribution in [0.1, 0.15) is 0 Å². The van der Waals surface area contributed by atoms with E-state index in [-0.39, 0.29) is 22.7 Å². The summed E-state index contributed by atoms with van der Waals surface area (Å²) in [6.45, 7) is 0.